The second-order valence-corrected chi connectivity index (χ2v) is 7.22. The number of amides is 1. The van der Waals surface area contributed by atoms with Crippen LogP contribution in [0.2, 0.25) is 0 Å². The molecule has 3 nitrogen and oxygen atoms in total. The summed E-state index contributed by atoms with van der Waals surface area (Å²) >= 11 is 0. The van der Waals surface area contributed by atoms with Crippen LogP contribution in [0.1, 0.15) is 44.4 Å². The van der Waals surface area contributed by atoms with E-state index in [4.69, 9.17) is 0 Å². The highest BCUT2D eigenvalue weighted by atomic mass is 19.4. The lowest BCUT2D eigenvalue weighted by Crippen LogP contribution is -2.30. The monoisotopic (exact) mass is 341 g/mol. The van der Waals surface area contributed by atoms with Crippen LogP contribution in [0.4, 0.5) is 13.2 Å². The third-order valence-corrected chi connectivity index (χ3v) is 3.89. The minimum absolute atomic E-state index is 0.119. The summed E-state index contributed by atoms with van der Waals surface area (Å²) in [5, 5.41) is 9.90. The highest BCUT2D eigenvalue weighted by Gasteiger charge is 2.36. The molecule has 1 N–H and O–H groups in total. The molecule has 0 spiro atoms. The van der Waals surface area contributed by atoms with E-state index in [9.17, 15) is 23.1 Å². The quantitative estimate of drug-likeness (QED) is 0.828. The first-order valence-electron chi connectivity index (χ1n) is 7.82. The van der Waals surface area contributed by atoms with Crippen molar-refractivity contribution in [1.29, 1.82) is 0 Å². The van der Waals surface area contributed by atoms with Gasteiger partial charge >= 0.3 is 6.18 Å². The molecule has 132 valence electrons. The van der Waals surface area contributed by atoms with Gasteiger partial charge in [-0.3, -0.25) is 4.79 Å². The zero-order valence-corrected chi connectivity index (χ0v) is 14.0. The van der Waals surface area contributed by atoms with Gasteiger partial charge in [0.05, 0.1) is 17.7 Å². The van der Waals surface area contributed by atoms with Crippen LogP contribution in [-0.2, 0) is 11.0 Å². The van der Waals surface area contributed by atoms with Gasteiger partial charge in [0.25, 0.3) is 0 Å². The number of nitrogens with zero attached hydrogens (tertiary/aromatic N) is 1. The summed E-state index contributed by atoms with van der Waals surface area (Å²) in [7, 11) is 0. The third-order valence-electron chi connectivity index (χ3n) is 3.89. The topological polar surface area (TPSA) is 40.5 Å². The van der Waals surface area contributed by atoms with Gasteiger partial charge < -0.3 is 10.0 Å². The number of allylic oxidation sites excluding steroid dienone is 1. The Kier molecular flexibility index (Phi) is 5.08. The van der Waals surface area contributed by atoms with Gasteiger partial charge in [0.1, 0.15) is 0 Å². The summed E-state index contributed by atoms with van der Waals surface area (Å²) in [5.41, 5.74) is -0.544. The molecule has 6 heteroatoms. The third kappa shape index (κ3) is 4.60. The van der Waals surface area contributed by atoms with Crippen LogP contribution in [0.5, 0.6) is 0 Å². The van der Waals surface area contributed by atoms with E-state index in [1.807, 2.05) is 20.8 Å². The number of likely N-dealkylation sites (tertiary alicyclic amines) is 1. The Hall–Kier alpha value is -1.82. The first-order valence-corrected chi connectivity index (χ1v) is 7.82. The summed E-state index contributed by atoms with van der Waals surface area (Å²) < 4.78 is 38.7. The lowest BCUT2D eigenvalue weighted by Gasteiger charge is -2.24. The Morgan fingerprint density at radius 1 is 1.29 bits per heavy atom. The van der Waals surface area contributed by atoms with Crippen LogP contribution in [0.3, 0.4) is 0 Å². The zero-order valence-electron chi connectivity index (χ0n) is 14.0. The van der Waals surface area contributed by atoms with Crippen molar-refractivity contribution in [2.24, 2.45) is 5.41 Å². The van der Waals surface area contributed by atoms with Crippen LogP contribution in [0, 0.1) is 5.41 Å². The molecule has 1 aromatic carbocycles. The molecule has 1 fully saturated rings. The average molecular weight is 341 g/mol. The molecule has 0 bridgehead atoms. The lowest BCUT2D eigenvalue weighted by molar-refractivity contribution is -0.137. The van der Waals surface area contributed by atoms with Gasteiger partial charge in [0, 0.05) is 6.54 Å². The van der Waals surface area contributed by atoms with E-state index in [-0.39, 0.29) is 24.3 Å². The number of hydrogen-bond donors (Lipinski definition) is 1. The molecule has 1 saturated heterocycles. The number of hydrogen-bond acceptors (Lipinski definition) is 2. The first-order chi connectivity index (χ1) is 11.0. The van der Waals surface area contributed by atoms with Gasteiger partial charge in [0.15, 0.2) is 0 Å². The van der Waals surface area contributed by atoms with Gasteiger partial charge in [-0.2, -0.15) is 13.2 Å². The van der Waals surface area contributed by atoms with Gasteiger partial charge in [-0.05, 0) is 35.6 Å². The molecular weight excluding hydrogens is 319 g/mol. The van der Waals surface area contributed by atoms with Crippen LogP contribution in [0.15, 0.2) is 36.4 Å². The maximum Gasteiger partial charge on any atom is 0.416 e. The predicted octanol–water partition coefficient (Wildman–Crippen LogP) is 3.94. The molecule has 1 heterocycles. The molecule has 2 atom stereocenters. The summed E-state index contributed by atoms with van der Waals surface area (Å²) in [4.78, 5) is 13.8. The highest BCUT2D eigenvalue weighted by molar-refractivity contribution is 5.88. The first kappa shape index (κ1) is 18.5. The van der Waals surface area contributed by atoms with Crippen LogP contribution in [0.25, 0.3) is 0 Å². The van der Waals surface area contributed by atoms with E-state index in [1.165, 1.54) is 17.0 Å². The Labute approximate surface area is 139 Å². The summed E-state index contributed by atoms with van der Waals surface area (Å²) in [6, 6.07) is 4.39. The van der Waals surface area contributed by atoms with Gasteiger partial charge in [0.2, 0.25) is 5.91 Å². The fraction of sp³-hybridized carbons (Fsp3) is 0.500. The molecule has 0 radical (unpaired) electrons. The van der Waals surface area contributed by atoms with Crippen LogP contribution < -0.4 is 0 Å². The Bertz CT molecular complexity index is 632. The Morgan fingerprint density at radius 3 is 2.54 bits per heavy atom. The Balaban J connectivity index is 2.28. The fourth-order valence-electron chi connectivity index (χ4n) is 2.71. The van der Waals surface area contributed by atoms with E-state index in [2.05, 4.69) is 0 Å². The molecule has 0 aromatic heterocycles. The standard InChI is InChI=1S/C18H22F3NO2/c1-17(2,3)8-7-16(24)22-11-14(23)10-15(22)12-5-4-6-13(9-12)18(19,20)21/h4-9,14-15,23H,10-11H2,1-3H3/b8-7+. The molecular formula is C18H22F3NO2. The average Bonchev–Trinajstić information content (AvgIpc) is 2.85. The predicted molar refractivity (Wildman–Crippen MR) is 85.1 cm³/mol. The largest absolute Gasteiger partial charge is 0.416 e. The zero-order chi connectivity index (χ0) is 18.1. The molecule has 1 amide bonds. The van der Waals surface area contributed by atoms with Gasteiger partial charge in [-0.15, -0.1) is 0 Å². The molecule has 1 aliphatic rings. The molecule has 0 aliphatic carbocycles. The molecule has 1 aromatic rings. The molecule has 0 saturated carbocycles. The fourth-order valence-corrected chi connectivity index (χ4v) is 2.71. The second-order valence-electron chi connectivity index (χ2n) is 7.22. The number of halogens is 3. The summed E-state index contributed by atoms with van der Waals surface area (Å²) in [6.07, 6.45) is -1.76. The summed E-state index contributed by atoms with van der Waals surface area (Å²) in [6.45, 7) is 5.95. The maximum absolute atomic E-state index is 12.9. The molecule has 1 aliphatic heterocycles. The number of rotatable bonds is 2. The van der Waals surface area contributed by atoms with Gasteiger partial charge in [-0.1, -0.05) is 39.0 Å². The maximum atomic E-state index is 12.9. The smallest absolute Gasteiger partial charge is 0.391 e. The SMILES string of the molecule is CC(C)(C)/C=C/C(=O)N1CC(O)CC1c1cccc(C(F)(F)F)c1. The van der Waals surface area contributed by atoms with Crippen molar-refractivity contribution in [2.45, 2.75) is 45.5 Å². The van der Waals surface area contributed by atoms with Gasteiger partial charge in [-0.25, -0.2) is 0 Å². The van der Waals surface area contributed by atoms with E-state index in [1.54, 1.807) is 12.1 Å². The number of alkyl halides is 3. The van der Waals surface area contributed by atoms with E-state index >= 15 is 0 Å². The molecule has 24 heavy (non-hydrogen) atoms. The molecule has 2 rings (SSSR count). The van der Waals surface area contributed by atoms with Crippen molar-refractivity contribution >= 4 is 5.91 Å². The molecule has 2 unspecified atom stereocenters. The number of aliphatic hydroxyl groups is 1. The van der Waals surface area contributed by atoms with E-state index < -0.39 is 23.9 Å². The minimum Gasteiger partial charge on any atom is -0.391 e. The van der Waals surface area contributed by atoms with Crippen molar-refractivity contribution in [3.8, 4) is 0 Å². The number of aliphatic hydroxyl groups excluding tert-OH is 1. The number of β-amino-alcohol motifs (C(OH)–C–C–N with tert-alkyl or cyclic N) is 1. The van der Waals surface area contributed by atoms with Crippen LogP contribution in [-0.4, -0.2) is 28.6 Å². The van der Waals surface area contributed by atoms with E-state index in [0.29, 0.717) is 5.56 Å². The van der Waals surface area contributed by atoms with Crippen molar-refractivity contribution in [2.75, 3.05) is 6.54 Å². The van der Waals surface area contributed by atoms with Crippen molar-refractivity contribution in [3.05, 3.63) is 47.5 Å². The highest BCUT2D eigenvalue weighted by Crippen LogP contribution is 2.36. The second kappa shape index (κ2) is 6.59. The van der Waals surface area contributed by atoms with Crippen molar-refractivity contribution < 1.29 is 23.1 Å². The summed E-state index contributed by atoms with van der Waals surface area (Å²) in [5.74, 6) is -0.302. The van der Waals surface area contributed by atoms with Crippen molar-refractivity contribution in [3.63, 3.8) is 0 Å². The normalized spacial score (nSPS) is 22.4. The number of benzene rings is 1. The number of carbonyl (C=O) groups excluding carboxylic acids is 1. The van der Waals surface area contributed by atoms with Crippen molar-refractivity contribution in [1.82, 2.24) is 4.90 Å². The van der Waals surface area contributed by atoms with Crippen LogP contribution >= 0.6 is 0 Å². The lowest BCUT2D eigenvalue weighted by atomic mass is 9.96. The minimum atomic E-state index is -4.44. The Morgan fingerprint density at radius 2 is 1.96 bits per heavy atom. The van der Waals surface area contributed by atoms with E-state index in [0.717, 1.165) is 12.1 Å². The number of carbonyl (C=O) groups is 1.